The first-order valence-corrected chi connectivity index (χ1v) is 8.06. The first kappa shape index (κ1) is 13.8. The van der Waals surface area contributed by atoms with Gasteiger partial charge in [-0.1, -0.05) is 11.6 Å². The van der Waals surface area contributed by atoms with Crippen molar-refractivity contribution >= 4 is 11.6 Å². The fourth-order valence-corrected chi connectivity index (χ4v) is 3.91. The second kappa shape index (κ2) is 5.43. The molecule has 0 unspecified atom stereocenters. The molecular weight excluding hydrogens is 290 g/mol. The number of rotatable bonds is 2. The second-order valence-corrected chi connectivity index (χ2v) is 6.51. The van der Waals surface area contributed by atoms with Gasteiger partial charge >= 0.3 is 0 Å². The van der Waals surface area contributed by atoms with Crippen molar-refractivity contribution in [1.82, 2.24) is 4.90 Å². The molecule has 0 aliphatic carbocycles. The maximum absolute atomic E-state index is 6.24. The molecule has 1 spiro atoms. The molecule has 21 heavy (non-hydrogen) atoms. The number of nitrogens with zero attached hydrogens (tertiary/aromatic N) is 1. The van der Waals surface area contributed by atoms with Crippen molar-refractivity contribution in [1.29, 1.82) is 0 Å². The molecule has 3 aliphatic heterocycles. The molecule has 3 aliphatic rings. The number of fused-ring (bicyclic) bond motifs is 1. The Hall–Kier alpha value is -0.810. The number of benzene rings is 1. The van der Waals surface area contributed by atoms with Crippen LogP contribution in [0.3, 0.4) is 0 Å². The molecule has 114 valence electrons. The Labute approximate surface area is 129 Å². The summed E-state index contributed by atoms with van der Waals surface area (Å²) >= 11 is 6.24. The van der Waals surface area contributed by atoms with Gasteiger partial charge in [-0.3, -0.25) is 4.90 Å². The topological polar surface area (TPSA) is 30.9 Å². The van der Waals surface area contributed by atoms with Crippen molar-refractivity contribution in [2.45, 2.75) is 31.6 Å². The normalized spacial score (nSPS) is 24.2. The van der Waals surface area contributed by atoms with Crippen LogP contribution in [0.1, 0.15) is 24.0 Å². The molecule has 4 nitrogen and oxygen atoms in total. The maximum atomic E-state index is 6.24. The molecule has 1 aromatic carbocycles. The lowest BCUT2D eigenvalue weighted by Crippen LogP contribution is -2.48. The quantitative estimate of drug-likeness (QED) is 0.840. The molecule has 5 heteroatoms. The fourth-order valence-electron chi connectivity index (χ4n) is 3.64. The van der Waals surface area contributed by atoms with Crippen LogP contribution in [0.5, 0.6) is 5.75 Å². The number of halogens is 1. The SMILES string of the molecule is Clc1cc2c(c(CN3CCCC4(C3)OCCO4)c1)OCC2. The molecule has 3 heterocycles. The summed E-state index contributed by atoms with van der Waals surface area (Å²) < 4.78 is 17.5. The Morgan fingerprint density at radius 3 is 2.90 bits per heavy atom. The highest BCUT2D eigenvalue weighted by Crippen LogP contribution is 2.36. The Morgan fingerprint density at radius 2 is 2.05 bits per heavy atom. The zero-order chi connectivity index (χ0) is 14.3. The van der Waals surface area contributed by atoms with Crippen LogP contribution in [-0.4, -0.2) is 43.6 Å². The standard InChI is InChI=1S/C16H20ClNO3/c17-14-8-12-2-5-19-15(12)13(9-14)10-18-4-1-3-16(11-18)20-6-7-21-16/h8-9H,1-7,10-11H2. The van der Waals surface area contributed by atoms with Gasteiger partial charge in [0.15, 0.2) is 5.79 Å². The average Bonchev–Trinajstić information content (AvgIpc) is 3.08. The van der Waals surface area contributed by atoms with Crippen molar-refractivity contribution < 1.29 is 14.2 Å². The van der Waals surface area contributed by atoms with Crippen molar-refractivity contribution in [3.63, 3.8) is 0 Å². The highest BCUT2D eigenvalue weighted by atomic mass is 35.5. The Kier molecular flexibility index (Phi) is 3.58. The summed E-state index contributed by atoms with van der Waals surface area (Å²) in [5.74, 6) is 0.660. The third-order valence-corrected chi connectivity index (χ3v) is 4.75. The fraction of sp³-hybridized carbons (Fsp3) is 0.625. The number of likely N-dealkylation sites (tertiary alicyclic amines) is 1. The zero-order valence-corrected chi connectivity index (χ0v) is 12.8. The van der Waals surface area contributed by atoms with E-state index in [1.165, 1.54) is 11.1 Å². The summed E-state index contributed by atoms with van der Waals surface area (Å²) in [5.41, 5.74) is 2.42. The maximum Gasteiger partial charge on any atom is 0.181 e. The molecule has 0 aromatic heterocycles. The summed E-state index contributed by atoms with van der Waals surface area (Å²) in [6.45, 7) is 4.92. The van der Waals surface area contributed by atoms with E-state index < -0.39 is 0 Å². The summed E-state index contributed by atoms with van der Waals surface area (Å²) in [4.78, 5) is 2.39. The predicted octanol–water partition coefficient (Wildman–Crippen LogP) is 2.61. The molecular formula is C16H20ClNO3. The van der Waals surface area contributed by atoms with Gasteiger partial charge in [-0.2, -0.15) is 0 Å². The minimum absolute atomic E-state index is 0.374. The van der Waals surface area contributed by atoms with Gasteiger partial charge in [0, 0.05) is 30.0 Å². The Balaban J connectivity index is 1.53. The van der Waals surface area contributed by atoms with Gasteiger partial charge in [0.25, 0.3) is 0 Å². The monoisotopic (exact) mass is 309 g/mol. The molecule has 0 bridgehead atoms. The van der Waals surface area contributed by atoms with Crippen LogP contribution in [0.4, 0.5) is 0 Å². The molecule has 2 saturated heterocycles. The van der Waals surface area contributed by atoms with Gasteiger partial charge in [-0.05, 0) is 30.7 Å². The average molecular weight is 310 g/mol. The first-order chi connectivity index (χ1) is 10.2. The third-order valence-electron chi connectivity index (χ3n) is 4.53. The Bertz CT molecular complexity index is 543. The molecule has 0 atom stereocenters. The summed E-state index contributed by atoms with van der Waals surface area (Å²) in [6, 6.07) is 4.05. The molecule has 0 amide bonds. The minimum Gasteiger partial charge on any atom is -0.493 e. The van der Waals surface area contributed by atoms with Gasteiger partial charge < -0.3 is 14.2 Å². The van der Waals surface area contributed by atoms with Crippen LogP contribution in [0.2, 0.25) is 5.02 Å². The molecule has 2 fully saturated rings. The smallest absolute Gasteiger partial charge is 0.181 e. The highest BCUT2D eigenvalue weighted by Gasteiger charge is 2.40. The summed E-state index contributed by atoms with van der Waals surface area (Å²) in [5, 5.41) is 0.800. The second-order valence-electron chi connectivity index (χ2n) is 6.07. The van der Waals surface area contributed by atoms with E-state index in [2.05, 4.69) is 4.90 Å². The number of piperidine rings is 1. The number of hydrogen-bond acceptors (Lipinski definition) is 4. The Morgan fingerprint density at radius 1 is 1.19 bits per heavy atom. The predicted molar refractivity (Wildman–Crippen MR) is 79.8 cm³/mol. The van der Waals surface area contributed by atoms with Gasteiger partial charge in [0.1, 0.15) is 5.75 Å². The van der Waals surface area contributed by atoms with E-state index in [1.807, 2.05) is 12.1 Å². The molecule has 4 rings (SSSR count). The molecule has 0 saturated carbocycles. The van der Waals surface area contributed by atoms with Crippen molar-refractivity contribution in [2.24, 2.45) is 0 Å². The van der Waals surface area contributed by atoms with E-state index >= 15 is 0 Å². The molecule has 1 aromatic rings. The van der Waals surface area contributed by atoms with E-state index in [9.17, 15) is 0 Å². The lowest BCUT2D eigenvalue weighted by molar-refractivity contribution is -0.190. The van der Waals surface area contributed by atoms with E-state index in [0.29, 0.717) is 13.2 Å². The van der Waals surface area contributed by atoms with Crippen LogP contribution in [0, 0.1) is 0 Å². The largest absolute Gasteiger partial charge is 0.493 e. The summed E-state index contributed by atoms with van der Waals surface area (Å²) in [6.07, 6.45) is 3.05. The summed E-state index contributed by atoms with van der Waals surface area (Å²) in [7, 11) is 0. The zero-order valence-electron chi connectivity index (χ0n) is 12.1. The van der Waals surface area contributed by atoms with Crippen LogP contribution >= 0.6 is 11.6 Å². The van der Waals surface area contributed by atoms with Crippen LogP contribution in [0.15, 0.2) is 12.1 Å². The van der Waals surface area contributed by atoms with Gasteiger partial charge in [-0.25, -0.2) is 0 Å². The van der Waals surface area contributed by atoms with Gasteiger partial charge in [0.05, 0.1) is 26.4 Å². The van der Waals surface area contributed by atoms with E-state index in [1.54, 1.807) is 0 Å². The minimum atomic E-state index is -0.374. The number of ether oxygens (including phenoxy) is 3. The highest BCUT2D eigenvalue weighted by molar-refractivity contribution is 6.30. The number of hydrogen-bond donors (Lipinski definition) is 0. The van der Waals surface area contributed by atoms with Crippen LogP contribution in [-0.2, 0) is 22.4 Å². The lowest BCUT2D eigenvalue weighted by Gasteiger charge is -2.38. The van der Waals surface area contributed by atoms with E-state index in [-0.39, 0.29) is 5.79 Å². The van der Waals surface area contributed by atoms with Crippen molar-refractivity contribution in [3.05, 3.63) is 28.3 Å². The van der Waals surface area contributed by atoms with Gasteiger partial charge in [-0.15, -0.1) is 0 Å². The van der Waals surface area contributed by atoms with Crippen molar-refractivity contribution in [3.8, 4) is 5.75 Å². The molecule has 0 radical (unpaired) electrons. The third kappa shape index (κ3) is 2.66. The van der Waals surface area contributed by atoms with Crippen LogP contribution in [0.25, 0.3) is 0 Å². The van der Waals surface area contributed by atoms with Crippen molar-refractivity contribution in [2.75, 3.05) is 32.9 Å². The molecule has 0 N–H and O–H groups in total. The van der Waals surface area contributed by atoms with E-state index in [4.69, 9.17) is 25.8 Å². The van der Waals surface area contributed by atoms with Crippen LogP contribution < -0.4 is 4.74 Å². The first-order valence-electron chi connectivity index (χ1n) is 7.68. The van der Waals surface area contributed by atoms with E-state index in [0.717, 1.165) is 56.3 Å². The van der Waals surface area contributed by atoms with Gasteiger partial charge in [0.2, 0.25) is 0 Å². The lowest BCUT2D eigenvalue weighted by atomic mass is 10.0.